The number of benzene rings is 1. The van der Waals surface area contributed by atoms with Crippen molar-refractivity contribution in [3.05, 3.63) is 29.8 Å². The average molecular weight is 302 g/mol. The van der Waals surface area contributed by atoms with Gasteiger partial charge in [0.05, 0.1) is 11.7 Å². The highest BCUT2D eigenvalue weighted by Gasteiger charge is 2.08. The Bertz CT molecular complexity index is 393. The summed E-state index contributed by atoms with van der Waals surface area (Å²) in [4.78, 5) is 13.7. The van der Waals surface area contributed by atoms with E-state index in [-0.39, 0.29) is 24.5 Å². The number of carbonyl (C=O) groups excluding carboxylic acids is 1. The lowest BCUT2D eigenvalue weighted by Gasteiger charge is -2.13. The molecule has 1 aromatic rings. The van der Waals surface area contributed by atoms with E-state index in [9.17, 15) is 4.79 Å². The number of carbonyl (C=O) groups is 1. The second-order valence-corrected chi connectivity index (χ2v) is 4.80. The number of rotatable bonds is 7. The first-order valence-electron chi connectivity index (χ1n) is 6.61. The molecule has 20 heavy (non-hydrogen) atoms. The van der Waals surface area contributed by atoms with Crippen LogP contribution in [-0.4, -0.2) is 44.2 Å². The van der Waals surface area contributed by atoms with Crippen molar-refractivity contribution in [2.45, 2.75) is 26.4 Å². The molecule has 5 heteroatoms. The highest BCUT2D eigenvalue weighted by Crippen LogP contribution is 2.15. The van der Waals surface area contributed by atoms with Crippen molar-refractivity contribution < 1.29 is 14.3 Å². The summed E-state index contributed by atoms with van der Waals surface area (Å²) in [5, 5.41) is 0. The first-order valence-corrected chi connectivity index (χ1v) is 6.61. The van der Waals surface area contributed by atoms with E-state index in [1.165, 1.54) is 0 Å². The molecule has 0 fully saturated rings. The van der Waals surface area contributed by atoms with Crippen molar-refractivity contribution in [1.82, 2.24) is 4.90 Å². The molecule has 1 rings (SSSR count). The van der Waals surface area contributed by atoms with Crippen molar-refractivity contribution in [3.63, 3.8) is 0 Å². The molecular formula is C15H24ClNO3. The Morgan fingerprint density at radius 2 is 1.85 bits per heavy atom. The number of halogens is 1. The van der Waals surface area contributed by atoms with Gasteiger partial charge in [-0.05, 0) is 51.7 Å². The molecular weight excluding hydrogens is 278 g/mol. The van der Waals surface area contributed by atoms with Gasteiger partial charge < -0.3 is 14.4 Å². The first kappa shape index (κ1) is 18.7. The van der Waals surface area contributed by atoms with Gasteiger partial charge in [-0.1, -0.05) is 6.92 Å². The van der Waals surface area contributed by atoms with Crippen LogP contribution < -0.4 is 4.74 Å². The lowest BCUT2D eigenvalue weighted by molar-refractivity contribution is 0.0482. The molecule has 114 valence electrons. The Labute approximate surface area is 127 Å². The molecule has 0 amide bonds. The van der Waals surface area contributed by atoms with Gasteiger partial charge in [0, 0.05) is 6.54 Å². The van der Waals surface area contributed by atoms with Gasteiger partial charge in [-0.2, -0.15) is 0 Å². The lowest BCUT2D eigenvalue weighted by Crippen LogP contribution is -2.20. The van der Waals surface area contributed by atoms with Crippen LogP contribution in [0.2, 0.25) is 0 Å². The third-order valence-electron chi connectivity index (χ3n) is 2.77. The number of hydrogen-bond acceptors (Lipinski definition) is 4. The van der Waals surface area contributed by atoms with Crippen LogP contribution in [0.1, 0.15) is 30.6 Å². The second kappa shape index (κ2) is 9.61. The minimum atomic E-state index is -0.295. The highest BCUT2D eigenvalue weighted by molar-refractivity contribution is 5.89. The van der Waals surface area contributed by atoms with E-state index >= 15 is 0 Å². The predicted molar refractivity (Wildman–Crippen MR) is 82.9 cm³/mol. The van der Waals surface area contributed by atoms with Crippen LogP contribution in [0.4, 0.5) is 0 Å². The Kier molecular flexibility index (Phi) is 9.01. The molecule has 0 bridgehead atoms. The van der Waals surface area contributed by atoms with Gasteiger partial charge in [-0.25, -0.2) is 4.79 Å². The smallest absolute Gasteiger partial charge is 0.338 e. The van der Waals surface area contributed by atoms with Gasteiger partial charge in [-0.3, -0.25) is 0 Å². The monoisotopic (exact) mass is 301 g/mol. The molecule has 0 aliphatic carbocycles. The van der Waals surface area contributed by atoms with E-state index < -0.39 is 0 Å². The maximum Gasteiger partial charge on any atom is 0.338 e. The van der Waals surface area contributed by atoms with Crippen LogP contribution in [0.5, 0.6) is 5.75 Å². The number of ether oxygens (including phenoxy) is 2. The van der Waals surface area contributed by atoms with Crippen molar-refractivity contribution >= 4 is 18.4 Å². The molecule has 0 aliphatic heterocycles. The summed E-state index contributed by atoms with van der Waals surface area (Å²) in [7, 11) is 3.88. The fourth-order valence-electron chi connectivity index (χ4n) is 1.39. The SMILES string of the molecule is CCC(C)Oc1ccc(C(=O)OCCN(C)C)cc1.Cl. The summed E-state index contributed by atoms with van der Waals surface area (Å²) in [6.45, 7) is 5.21. The largest absolute Gasteiger partial charge is 0.491 e. The predicted octanol–water partition coefficient (Wildman–Crippen LogP) is 3.00. The molecule has 1 atom stereocenters. The minimum absolute atomic E-state index is 0. The zero-order valence-corrected chi connectivity index (χ0v) is 13.4. The molecule has 0 N–H and O–H groups in total. The van der Waals surface area contributed by atoms with Crippen LogP contribution in [0.25, 0.3) is 0 Å². The Morgan fingerprint density at radius 3 is 2.35 bits per heavy atom. The number of likely N-dealkylation sites (N-methyl/N-ethyl adjacent to an activating group) is 1. The number of nitrogens with zero attached hydrogens (tertiary/aromatic N) is 1. The lowest BCUT2D eigenvalue weighted by atomic mass is 10.2. The average Bonchev–Trinajstić information content (AvgIpc) is 2.38. The van der Waals surface area contributed by atoms with Gasteiger partial charge in [-0.15, -0.1) is 12.4 Å². The quantitative estimate of drug-likeness (QED) is 0.726. The standard InChI is InChI=1S/C15H23NO3.ClH/c1-5-12(2)19-14-8-6-13(7-9-14)15(17)18-11-10-16(3)4;/h6-9,12H,5,10-11H2,1-4H3;1H. The van der Waals surface area contributed by atoms with Crippen molar-refractivity contribution in [2.24, 2.45) is 0 Å². The second-order valence-electron chi connectivity index (χ2n) is 4.80. The van der Waals surface area contributed by atoms with Crippen molar-refractivity contribution in [2.75, 3.05) is 27.2 Å². The molecule has 0 saturated carbocycles. The Hall–Kier alpha value is -1.26. The summed E-state index contributed by atoms with van der Waals surface area (Å²) in [5.41, 5.74) is 0.551. The Balaban J connectivity index is 0.00000361. The van der Waals surface area contributed by atoms with E-state index in [1.54, 1.807) is 24.3 Å². The van der Waals surface area contributed by atoms with E-state index in [2.05, 4.69) is 6.92 Å². The van der Waals surface area contributed by atoms with E-state index in [0.717, 1.165) is 18.7 Å². The summed E-state index contributed by atoms with van der Waals surface area (Å²) in [5.74, 6) is 0.483. The van der Waals surface area contributed by atoms with Crippen molar-refractivity contribution in [3.8, 4) is 5.75 Å². The molecule has 0 radical (unpaired) electrons. The maximum absolute atomic E-state index is 11.7. The van der Waals surface area contributed by atoms with Crippen LogP contribution >= 0.6 is 12.4 Å². The molecule has 0 heterocycles. The summed E-state index contributed by atoms with van der Waals surface area (Å²) >= 11 is 0. The Morgan fingerprint density at radius 1 is 1.25 bits per heavy atom. The molecule has 1 aromatic carbocycles. The normalized spacial score (nSPS) is 11.7. The van der Waals surface area contributed by atoms with Gasteiger partial charge in [0.25, 0.3) is 0 Å². The zero-order chi connectivity index (χ0) is 14.3. The highest BCUT2D eigenvalue weighted by atomic mass is 35.5. The number of hydrogen-bond donors (Lipinski definition) is 0. The fourth-order valence-corrected chi connectivity index (χ4v) is 1.39. The fraction of sp³-hybridized carbons (Fsp3) is 0.533. The van der Waals surface area contributed by atoms with Gasteiger partial charge in [0.15, 0.2) is 0 Å². The van der Waals surface area contributed by atoms with E-state index in [4.69, 9.17) is 9.47 Å². The number of esters is 1. The molecule has 0 saturated heterocycles. The zero-order valence-electron chi connectivity index (χ0n) is 12.6. The summed E-state index contributed by atoms with van der Waals surface area (Å²) in [6.07, 6.45) is 1.13. The van der Waals surface area contributed by atoms with Gasteiger partial charge >= 0.3 is 5.97 Å². The van der Waals surface area contributed by atoms with Gasteiger partial charge in [0.2, 0.25) is 0 Å². The van der Waals surface area contributed by atoms with Crippen LogP contribution in [0.15, 0.2) is 24.3 Å². The topological polar surface area (TPSA) is 38.8 Å². The maximum atomic E-state index is 11.7. The van der Waals surface area contributed by atoms with E-state index in [0.29, 0.717) is 12.2 Å². The molecule has 0 aliphatic rings. The van der Waals surface area contributed by atoms with E-state index in [1.807, 2.05) is 25.9 Å². The van der Waals surface area contributed by atoms with Crippen LogP contribution in [-0.2, 0) is 4.74 Å². The van der Waals surface area contributed by atoms with Gasteiger partial charge in [0.1, 0.15) is 12.4 Å². The minimum Gasteiger partial charge on any atom is -0.491 e. The van der Waals surface area contributed by atoms with Crippen molar-refractivity contribution in [1.29, 1.82) is 0 Å². The molecule has 4 nitrogen and oxygen atoms in total. The third kappa shape index (κ3) is 6.78. The molecule has 0 aromatic heterocycles. The van der Waals surface area contributed by atoms with Crippen LogP contribution in [0.3, 0.4) is 0 Å². The van der Waals surface area contributed by atoms with Crippen LogP contribution in [0, 0.1) is 0 Å². The molecule has 0 spiro atoms. The summed E-state index contributed by atoms with van der Waals surface area (Å²) in [6, 6.07) is 7.06. The molecule has 1 unspecified atom stereocenters. The third-order valence-corrected chi connectivity index (χ3v) is 2.77. The summed E-state index contributed by atoms with van der Waals surface area (Å²) < 4.78 is 10.8. The first-order chi connectivity index (χ1) is 9.02.